The van der Waals surface area contributed by atoms with Crippen LogP contribution in [0.4, 0.5) is 11.4 Å². The number of anilines is 1. The molecular formula is C14H14N2O5S. The molecule has 0 bridgehead atoms. The smallest absolute Gasteiger partial charge is 0.293 e. The second-order valence-corrected chi connectivity index (χ2v) is 6.16. The van der Waals surface area contributed by atoms with Crippen LogP contribution in [0.3, 0.4) is 0 Å². The summed E-state index contributed by atoms with van der Waals surface area (Å²) in [4.78, 5) is 9.94. The Labute approximate surface area is 127 Å². The number of nitro groups is 1. The Morgan fingerprint density at radius 3 is 2.45 bits per heavy atom. The molecule has 0 unspecified atom stereocenters. The van der Waals surface area contributed by atoms with Gasteiger partial charge >= 0.3 is 0 Å². The summed E-state index contributed by atoms with van der Waals surface area (Å²) in [5.41, 5.74) is 0.537. The van der Waals surface area contributed by atoms with Crippen LogP contribution >= 0.6 is 0 Å². The molecule has 0 aliphatic heterocycles. The van der Waals surface area contributed by atoms with Gasteiger partial charge in [0.1, 0.15) is 5.75 Å². The lowest BCUT2D eigenvalue weighted by Gasteiger charge is -2.11. The van der Waals surface area contributed by atoms with E-state index < -0.39 is 25.5 Å². The van der Waals surface area contributed by atoms with Gasteiger partial charge in [-0.15, -0.1) is 0 Å². The third-order valence-electron chi connectivity index (χ3n) is 3.04. The minimum absolute atomic E-state index is 0.210. The van der Waals surface area contributed by atoms with Crippen molar-refractivity contribution in [1.82, 2.24) is 0 Å². The first kappa shape index (κ1) is 15.8. The maximum Gasteiger partial charge on any atom is 0.293 e. The van der Waals surface area contributed by atoms with Gasteiger partial charge in [-0.25, -0.2) is 8.42 Å². The second kappa shape index (κ2) is 6.02. The van der Waals surface area contributed by atoms with E-state index >= 15 is 0 Å². The van der Waals surface area contributed by atoms with Crippen LogP contribution in [0.5, 0.6) is 5.75 Å². The third kappa shape index (κ3) is 3.17. The number of methoxy groups -OCH3 is 1. The molecule has 0 saturated carbocycles. The van der Waals surface area contributed by atoms with Gasteiger partial charge in [0, 0.05) is 0 Å². The van der Waals surface area contributed by atoms with Crippen LogP contribution < -0.4 is 9.46 Å². The molecular weight excluding hydrogens is 308 g/mol. The van der Waals surface area contributed by atoms with Crippen molar-refractivity contribution in [2.75, 3.05) is 11.8 Å². The fraction of sp³-hybridized carbons (Fsp3) is 0.143. The van der Waals surface area contributed by atoms with Crippen LogP contribution in [0.2, 0.25) is 0 Å². The molecule has 116 valence electrons. The molecule has 0 aliphatic carbocycles. The fourth-order valence-corrected chi connectivity index (χ4v) is 3.17. The number of rotatable bonds is 5. The molecule has 0 aromatic heterocycles. The first-order valence-electron chi connectivity index (χ1n) is 6.26. The molecule has 2 aromatic rings. The maximum absolute atomic E-state index is 12.4. The predicted molar refractivity (Wildman–Crippen MR) is 81.6 cm³/mol. The molecule has 0 radical (unpaired) electrons. The molecule has 0 saturated heterocycles. The summed E-state index contributed by atoms with van der Waals surface area (Å²) in [5.74, 6) is 0.210. The Hall–Kier alpha value is -2.61. The molecule has 1 N–H and O–H groups in total. The minimum Gasteiger partial charge on any atom is -0.497 e. The molecule has 7 nitrogen and oxygen atoms in total. The number of nitrogens with one attached hydrogen (secondary N) is 1. The topological polar surface area (TPSA) is 98.5 Å². The Morgan fingerprint density at radius 2 is 1.86 bits per heavy atom. The molecule has 22 heavy (non-hydrogen) atoms. The summed E-state index contributed by atoms with van der Waals surface area (Å²) in [6.07, 6.45) is 0. The van der Waals surface area contributed by atoms with E-state index in [9.17, 15) is 18.5 Å². The Morgan fingerprint density at radius 1 is 1.18 bits per heavy atom. The molecule has 0 heterocycles. The highest BCUT2D eigenvalue weighted by Gasteiger charge is 2.26. The van der Waals surface area contributed by atoms with Crippen molar-refractivity contribution in [3.05, 3.63) is 58.1 Å². The highest BCUT2D eigenvalue weighted by atomic mass is 32.2. The molecule has 0 atom stereocenters. The van der Waals surface area contributed by atoms with Crippen LogP contribution in [0.15, 0.2) is 47.4 Å². The zero-order valence-corrected chi connectivity index (χ0v) is 12.8. The highest BCUT2D eigenvalue weighted by Crippen LogP contribution is 2.30. The Balaban J connectivity index is 2.50. The zero-order valence-electron chi connectivity index (χ0n) is 11.9. The number of hydrogen-bond acceptors (Lipinski definition) is 5. The second-order valence-electron chi connectivity index (χ2n) is 4.51. The molecule has 0 amide bonds. The van der Waals surface area contributed by atoms with Gasteiger partial charge in [-0.05, 0) is 30.7 Å². The Kier molecular flexibility index (Phi) is 4.32. The summed E-state index contributed by atoms with van der Waals surface area (Å²) >= 11 is 0. The van der Waals surface area contributed by atoms with Crippen molar-refractivity contribution >= 4 is 21.4 Å². The average Bonchev–Trinajstić information content (AvgIpc) is 2.48. The summed E-state index contributed by atoms with van der Waals surface area (Å²) in [7, 11) is -2.74. The molecule has 2 aromatic carbocycles. The van der Waals surface area contributed by atoms with E-state index in [0.717, 1.165) is 12.1 Å². The van der Waals surface area contributed by atoms with E-state index in [-0.39, 0.29) is 5.75 Å². The normalized spacial score (nSPS) is 11.0. The van der Waals surface area contributed by atoms with E-state index in [4.69, 9.17) is 4.74 Å². The maximum atomic E-state index is 12.4. The van der Waals surface area contributed by atoms with Gasteiger partial charge in [0.05, 0.1) is 23.8 Å². The lowest BCUT2D eigenvalue weighted by Crippen LogP contribution is -2.15. The number of hydrogen-bond donors (Lipinski definition) is 1. The van der Waals surface area contributed by atoms with Crippen LogP contribution in [0, 0.1) is 17.0 Å². The summed E-state index contributed by atoms with van der Waals surface area (Å²) in [5, 5.41) is 11.1. The first-order valence-corrected chi connectivity index (χ1v) is 7.74. The molecule has 2 rings (SSSR count). The number of aryl methyl sites for hydroxylation is 1. The van der Waals surface area contributed by atoms with Crippen molar-refractivity contribution in [3.8, 4) is 5.75 Å². The van der Waals surface area contributed by atoms with Crippen molar-refractivity contribution in [2.24, 2.45) is 0 Å². The first-order chi connectivity index (χ1) is 10.3. The van der Waals surface area contributed by atoms with Gasteiger partial charge in [0.15, 0.2) is 4.90 Å². The van der Waals surface area contributed by atoms with Gasteiger partial charge in [-0.1, -0.05) is 18.2 Å². The number of nitrogens with zero attached hydrogens (tertiary/aromatic N) is 1. The standard InChI is InChI=1S/C14H14N2O5S/c1-10-5-3-4-6-12(10)15-22(19,20)14-8-7-11(21-2)9-13(14)16(17)18/h3-9,15H,1-2H3. The van der Waals surface area contributed by atoms with Gasteiger partial charge in [-0.3, -0.25) is 14.8 Å². The predicted octanol–water partition coefficient (Wildman–Crippen LogP) is 2.71. The number of para-hydroxylation sites is 1. The third-order valence-corrected chi connectivity index (χ3v) is 4.45. The minimum atomic E-state index is -4.08. The van der Waals surface area contributed by atoms with Crippen LogP contribution in [0.25, 0.3) is 0 Å². The number of nitro benzene ring substituents is 1. The fourth-order valence-electron chi connectivity index (χ4n) is 1.88. The van der Waals surface area contributed by atoms with Crippen LogP contribution in [-0.4, -0.2) is 20.5 Å². The largest absolute Gasteiger partial charge is 0.497 e. The number of sulfonamides is 1. The number of ether oxygens (including phenoxy) is 1. The average molecular weight is 322 g/mol. The van der Waals surface area contributed by atoms with Crippen LogP contribution in [0.1, 0.15) is 5.56 Å². The van der Waals surface area contributed by atoms with Crippen molar-refractivity contribution in [2.45, 2.75) is 11.8 Å². The van der Waals surface area contributed by atoms with Gasteiger partial charge in [0.2, 0.25) is 0 Å². The Bertz CT molecular complexity index is 818. The highest BCUT2D eigenvalue weighted by molar-refractivity contribution is 7.92. The van der Waals surface area contributed by atoms with E-state index in [1.165, 1.54) is 13.2 Å². The SMILES string of the molecule is COc1ccc(S(=O)(=O)Nc2ccccc2C)c([N+](=O)[O-])c1. The van der Waals surface area contributed by atoms with E-state index in [1.54, 1.807) is 31.2 Å². The monoisotopic (exact) mass is 322 g/mol. The van der Waals surface area contributed by atoms with Gasteiger partial charge in [-0.2, -0.15) is 0 Å². The lowest BCUT2D eigenvalue weighted by molar-refractivity contribution is -0.387. The van der Waals surface area contributed by atoms with Crippen molar-refractivity contribution in [1.29, 1.82) is 0 Å². The quantitative estimate of drug-likeness (QED) is 0.674. The zero-order chi connectivity index (χ0) is 16.3. The summed E-state index contributed by atoms with van der Waals surface area (Å²) in [6.45, 7) is 1.74. The molecule has 0 fully saturated rings. The molecule has 0 spiro atoms. The van der Waals surface area contributed by atoms with Crippen molar-refractivity contribution < 1.29 is 18.1 Å². The lowest BCUT2D eigenvalue weighted by atomic mass is 10.2. The molecule has 8 heteroatoms. The van der Waals surface area contributed by atoms with E-state index in [2.05, 4.69) is 4.72 Å². The van der Waals surface area contributed by atoms with E-state index in [1.807, 2.05) is 0 Å². The summed E-state index contributed by atoms with van der Waals surface area (Å²) in [6, 6.07) is 10.3. The number of benzene rings is 2. The molecule has 0 aliphatic rings. The summed E-state index contributed by atoms with van der Waals surface area (Å²) < 4.78 is 32.1. The van der Waals surface area contributed by atoms with Crippen LogP contribution in [-0.2, 0) is 10.0 Å². The van der Waals surface area contributed by atoms with E-state index in [0.29, 0.717) is 11.3 Å². The van der Waals surface area contributed by atoms with Crippen molar-refractivity contribution in [3.63, 3.8) is 0 Å². The van der Waals surface area contributed by atoms with Gasteiger partial charge < -0.3 is 4.74 Å². The van der Waals surface area contributed by atoms with Gasteiger partial charge in [0.25, 0.3) is 15.7 Å².